The SMILES string of the molecule is Cc1nc(C(=O)Nc2ccccc2CN)n[nH]1. The van der Waals surface area contributed by atoms with Crippen LogP contribution in [0.4, 0.5) is 5.69 Å². The number of amides is 1. The molecule has 4 N–H and O–H groups in total. The van der Waals surface area contributed by atoms with Gasteiger partial charge in [0, 0.05) is 12.2 Å². The number of hydrogen-bond acceptors (Lipinski definition) is 4. The molecule has 0 spiro atoms. The summed E-state index contributed by atoms with van der Waals surface area (Å²) in [7, 11) is 0. The van der Waals surface area contributed by atoms with Gasteiger partial charge in [0.25, 0.3) is 5.91 Å². The third-order valence-corrected chi connectivity index (χ3v) is 2.29. The summed E-state index contributed by atoms with van der Waals surface area (Å²) in [4.78, 5) is 15.8. The monoisotopic (exact) mass is 231 g/mol. The first kappa shape index (κ1) is 11.3. The summed E-state index contributed by atoms with van der Waals surface area (Å²) in [6.45, 7) is 2.10. The molecule has 6 nitrogen and oxygen atoms in total. The van der Waals surface area contributed by atoms with E-state index in [0.29, 0.717) is 18.1 Å². The van der Waals surface area contributed by atoms with E-state index in [0.717, 1.165) is 5.56 Å². The van der Waals surface area contributed by atoms with Crippen LogP contribution in [0, 0.1) is 6.92 Å². The number of H-pyrrole nitrogens is 1. The van der Waals surface area contributed by atoms with Gasteiger partial charge >= 0.3 is 0 Å². The fourth-order valence-electron chi connectivity index (χ4n) is 1.44. The van der Waals surface area contributed by atoms with Crippen LogP contribution in [0.3, 0.4) is 0 Å². The molecule has 0 atom stereocenters. The van der Waals surface area contributed by atoms with Crippen molar-refractivity contribution in [3.8, 4) is 0 Å². The summed E-state index contributed by atoms with van der Waals surface area (Å²) in [6.07, 6.45) is 0. The number of hydrogen-bond donors (Lipinski definition) is 3. The van der Waals surface area contributed by atoms with Crippen LogP contribution in [-0.4, -0.2) is 21.1 Å². The molecule has 0 fully saturated rings. The number of benzene rings is 1. The van der Waals surface area contributed by atoms with Gasteiger partial charge in [0.15, 0.2) is 0 Å². The van der Waals surface area contributed by atoms with Gasteiger partial charge in [0.2, 0.25) is 5.82 Å². The van der Waals surface area contributed by atoms with Crippen molar-refractivity contribution >= 4 is 11.6 Å². The van der Waals surface area contributed by atoms with Gasteiger partial charge in [-0.25, -0.2) is 4.98 Å². The van der Waals surface area contributed by atoms with E-state index in [4.69, 9.17) is 5.73 Å². The van der Waals surface area contributed by atoms with Gasteiger partial charge in [-0.15, -0.1) is 5.10 Å². The molecule has 2 rings (SSSR count). The highest BCUT2D eigenvalue weighted by Crippen LogP contribution is 2.14. The zero-order valence-corrected chi connectivity index (χ0v) is 9.40. The Morgan fingerprint density at radius 3 is 2.88 bits per heavy atom. The number of nitrogens with zero attached hydrogens (tertiary/aromatic N) is 2. The molecule has 2 aromatic rings. The van der Waals surface area contributed by atoms with Gasteiger partial charge in [-0.1, -0.05) is 18.2 Å². The van der Waals surface area contributed by atoms with Gasteiger partial charge < -0.3 is 11.1 Å². The second-order valence-corrected chi connectivity index (χ2v) is 3.56. The first-order valence-electron chi connectivity index (χ1n) is 5.19. The molecule has 1 aromatic heterocycles. The number of carbonyl (C=O) groups excluding carboxylic acids is 1. The van der Waals surface area contributed by atoms with Crippen molar-refractivity contribution in [1.82, 2.24) is 15.2 Å². The summed E-state index contributed by atoms with van der Waals surface area (Å²) in [5.41, 5.74) is 7.13. The average molecular weight is 231 g/mol. The molecular formula is C11H13N5O. The maximum atomic E-state index is 11.8. The van der Waals surface area contributed by atoms with Crippen molar-refractivity contribution < 1.29 is 4.79 Å². The Bertz CT molecular complexity index is 534. The lowest BCUT2D eigenvalue weighted by Crippen LogP contribution is -2.15. The van der Waals surface area contributed by atoms with E-state index in [1.807, 2.05) is 18.2 Å². The van der Waals surface area contributed by atoms with Gasteiger partial charge in [-0.05, 0) is 18.6 Å². The van der Waals surface area contributed by atoms with Crippen molar-refractivity contribution in [3.63, 3.8) is 0 Å². The highest BCUT2D eigenvalue weighted by molar-refractivity contribution is 6.01. The average Bonchev–Trinajstić information content (AvgIpc) is 2.77. The van der Waals surface area contributed by atoms with Crippen molar-refractivity contribution in [2.45, 2.75) is 13.5 Å². The van der Waals surface area contributed by atoms with Gasteiger partial charge in [-0.2, -0.15) is 0 Å². The Kier molecular flexibility index (Phi) is 3.15. The lowest BCUT2D eigenvalue weighted by Gasteiger charge is -2.07. The van der Waals surface area contributed by atoms with Crippen LogP contribution in [0.5, 0.6) is 0 Å². The fourth-order valence-corrected chi connectivity index (χ4v) is 1.44. The Hall–Kier alpha value is -2.21. The van der Waals surface area contributed by atoms with Crippen molar-refractivity contribution in [2.24, 2.45) is 5.73 Å². The number of aryl methyl sites for hydroxylation is 1. The summed E-state index contributed by atoms with van der Waals surface area (Å²) < 4.78 is 0. The first-order chi connectivity index (χ1) is 8.20. The van der Waals surface area contributed by atoms with Crippen LogP contribution >= 0.6 is 0 Å². The fraction of sp³-hybridized carbons (Fsp3) is 0.182. The predicted octanol–water partition coefficient (Wildman–Crippen LogP) is 0.824. The summed E-state index contributed by atoms with van der Waals surface area (Å²) in [6, 6.07) is 7.35. The van der Waals surface area contributed by atoms with Gasteiger partial charge in [0.1, 0.15) is 5.82 Å². The lowest BCUT2D eigenvalue weighted by atomic mass is 10.2. The van der Waals surface area contributed by atoms with Crippen molar-refractivity contribution in [2.75, 3.05) is 5.32 Å². The van der Waals surface area contributed by atoms with E-state index in [9.17, 15) is 4.79 Å². The first-order valence-corrected chi connectivity index (χ1v) is 5.19. The van der Waals surface area contributed by atoms with Crippen LogP contribution in [0.1, 0.15) is 22.0 Å². The van der Waals surface area contributed by atoms with Crippen molar-refractivity contribution in [1.29, 1.82) is 0 Å². The predicted molar refractivity (Wildman–Crippen MR) is 63.4 cm³/mol. The third kappa shape index (κ3) is 2.48. The van der Waals surface area contributed by atoms with E-state index in [2.05, 4.69) is 20.5 Å². The molecule has 0 bridgehead atoms. The molecule has 0 aliphatic carbocycles. The smallest absolute Gasteiger partial charge is 0.295 e. The summed E-state index contributed by atoms with van der Waals surface area (Å²) >= 11 is 0. The normalized spacial score (nSPS) is 10.2. The molecule has 1 amide bonds. The number of aromatic amines is 1. The lowest BCUT2D eigenvalue weighted by molar-refractivity contribution is 0.101. The molecule has 0 unspecified atom stereocenters. The Balaban J connectivity index is 2.18. The molecule has 1 aromatic carbocycles. The summed E-state index contributed by atoms with van der Waals surface area (Å²) in [5.74, 6) is 0.367. The molecule has 88 valence electrons. The topological polar surface area (TPSA) is 96.7 Å². The molecule has 0 saturated heterocycles. The van der Waals surface area contributed by atoms with Crippen LogP contribution in [0.15, 0.2) is 24.3 Å². The van der Waals surface area contributed by atoms with E-state index >= 15 is 0 Å². The summed E-state index contributed by atoms with van der Waals surface area (Å²) in [5, 5.41) is 9.13. The molecule has 0 aliphatic heterocycles. The van der Waals surface area contributed by atoms with E-state index in [-0.39, 0.29) is 11.7 Å². The molecular weight excluding hydrogens is 218 g/mol. The second kappa shape index (κ2) is 4.75. The molecule has 0 saturated carbocycles. The Morgan fingerprint density at radius 1 is 1.47 bits per heavy atom. The number of rotatable bonds is 3. The van der Waals surface area contributed by atoms with Crippen LogP contribution < -0.4 is 11.1 Å². The molecule has 1 heterocycles. The number of nitrogens with two attached hydrogens (primary N) is 1. The standard InChI is InChI=1S/C11H13N5O/c1-7-13-10(16-15-7)11(17)14-9-5-3-2-4-8(9)6-12/h2-5H,6,12H2,1H3,(H,14,17)(H,13,15,16). The minimum absolute atomic E-state index is 0.120. The van der Waals surface area contributed by atoms with E-state index < -0.39 is 0 Å². The largest absolute Gasteiger partial charge is 0.326 e. The maximum Gasteiger partial charge on any atom is 0.295 e. The van der Waals surface area contributed by atoms with Crippen LogP contribution in [-0.2, 0) is 6.54 Å². The minimum atomic E-state index is -0.352. The number of nitrogens with one attached hydrogen (secondary N) is 2. The Labute approximate surface area is 98.3 Å². The second-order valence-electron chi connectivity index (χ2n) is 3.56. The van der Waals surface area contributed by atoms with E-state index in [1.165, 1.54) is 0 Å². The molecule has 0 radical (unpaired) electrons. The quantitative estimate of drug-likeness (QED) is 0.728. The van der Waals surface area contributed by atoms with Crippen molar-refractivity contribution in [3.05, 3.63) is 41.5 Å². The van der Waals surface area contributed by atoms with Crippen LogP contribution in [0.2, 0.25) is 0 Å². The molecule has 17 heavy (non-hydrogen) atoms. The number of aromatic nitrogens is 3. The Morgan fingerprint density at radius 2 is 2.24 bits per heavy atom. The number of carbonyl (C=O) groups is 1. The van der Waals surface area contributed by atoms with Gasteiger partial charge in [0.05, 0.1) is 0 Å². The van der Waals surface area contributed by atoms with Gasteiger partial charge in [-0.3, -0.25) is 9.89 Å². The number of anilines is 1. The van der Waals surface area contributed by atoms with Crippen LogP contribution in [0.25, 0.3) is 0 Å². The highest BCUT2D eigenvalue weighted by Gasteiger charge is 2.12. The zero-order valence-electron chi connectivity index (χ0n) is 9.40. The molecule has 0 aliphatic rings. The molecule has 6 heteroatoms. The number of para-hydroxylation sites is 1. The highest BCUT2D eigenvalue weighted by atomic mass is 16.2. The maximum absolute atomic E-state index is 11.8. The minimum Gasteiger partial charge on any atom is -0.326 e. The third-order valence-electron chi connectivity index (χ3n) is 2.29. The zero-order chi connectivity index (χ0) is 12.3. The van der Waals surface area contributed by atoms with E-state index in [1.54, 1.807) is 13.0 Å².